The van der Waals surface area contributed by atoms with E-state index in [9.17, 15) is 0 Å². The van der Waals surface area contributed by atoms with E-state index in [0.29, 0.717) is 6.54 Å². The van der Waals surface area contributed by atoms with Crippen molar-refractivity contribution >= 4 is 27.5 Å². The summed E-state index contributed by atoms with van der Waals surface area (Å²) in [6.07, 6.45) is 0.148. The molecule has 0 heterocycles. The van der Waals surface area contributed by atoms with Crippen molar-refractivity contribution in [2.75, 3.05) is 20.2 Å². The number of ether oxygens (including phenoxy) is 1. The fraction of sp³-hybridized carbons (Fsp3) is 0.500. The molecule has 1 rings (SSSR count). The van der Waals surface area contributed by atoms with E-state index in [1.54, 1.807) is 7.11 Å². The maximum Gasteiger partial charge on any atom is 0.0667 e. The van der Waals surface area contributed by atoms with Crippen LogP contribution >= 0.6 is 27.5 Å². The molecule has 0 aliphatic carbocycles. The summed E-state index contributed by atoms with van der Waals surface area (Å²) in [5.41, 5.74) is 6.78. The fourth-order valence-corrected chi connectivity index (χ4v) is 2.12. The molecule has 0 radical (unpaired) electrons. The van der Waals surface area contributed by atoms with Crippen LogP contribution in [0.2, 0.25) is 5.02 Å². The molecule has 0 fully saturated rings. The van der Waals surface area contributed by atoms with Gasteiger partial charge in [0.05, 0.1) is 6.10 Å². The Morgan fingerprint density at radius 1 is 1.53 bits per heavy atom. The molecule has 0 aliphatic heterocycles. The van der Waals surface area contributed by atoms with Crippen molar-refractivity contribution in [3.05, 3.63) is 33.3 Å². The van der Waals surface area contributed by atoms with Crippen LogP contribution in [0, 0.1) is 0 Å². The summed E-state index contributed by atoms with van der Waals surface area (Å²) < 4.78 is 6.19. The van der Waals surface area contributed by atoms with Crippen molar-refractivity contribution in [1.82, 2.24) is 5.32 Å². The van der Waals surface area contributed by atoms with Crippen LogP contribution in [-0.2, 0) is 4.74 Å². The fourth-order valence-electron chi connectivity index (χ4n) is 1.49. The molecule has 2 unspecified atom stereocenters. The summed E-state index contributed by atoms with van der Waals surface area (Å²) in [5, 5.41) is 4.07. The lowest BCUT2D eigenvalue weighted by atomic mass is 10.1. The zero-order chi connectivity index (χ0) is 12.8. The first-order valence-electron chi connectivity index (χ1n) is 5.49. The van der Waals surface area contributed by atoms with Crippen LogP contribution in [0.15, 0.2) is 22.7 Å². The summed E-state index contributed by atoms with van der Waals surface area (Å²) in [6.45, 7) is 3.23. The van der Waals surface area contributed by atoms with Crippen LogP contribution in [0.25, 0.3) is 0 Å². The van der Waals surface area contributed by atoms with E-state index in [-0.39, 0.29) is 12.1 Å². The van der Waals surface area contributed by atoms with E-state index in [1.807, 2.05) is 25.1 Å². The molecular formula is C12H18BrClN2O. The second-order valence-corrected chi connectivity index (χ2v) is 5.23. The lowest BCUT2D eigenvalue weighted by Gasteiger charge is -2.21. The Morgan fingerprint density at radius 3 is 2.82 bits per heavy atom. The predicted octanol–water partition coefficient (Wildman–Crippen LogP) is 2.73. The predicted molar refractivity (Wildman–Crippen MR) is 75.4 cm³/mol. The van der Waals surface area contributed by atoms with Crippen molar-refractivity contribution in [2.24, 2.45) is 5.73 Å². The van der Waals surface area contributed by atoms with Crippen LogP contribution in [-0.4, -0.2) is 26.3 Å². The Labute approximate surface area is 116 Å². The Morgan fingerprint density at radius 2 is 2.24 bits per heavy atom. The van der Waals surface area contributed by atoms with Gasteiger partial charge in [0.25, 0.3) is 0 Å². The van der Waals surface area contributed by atoms with E-state index in [4.69, 9.17) is 22.1 Å². The molecule has 5 heteroatoms. The van der Waals surface area contributed by atoms with Crippen LogP contribution in [0.4, 0.5) is 0 Å². The highest BCUT2D eigenvalue weighted by Crippen LogP contribution is 2.26. The average molecular weight is 322 g/mol. The molecule has 0 amide bonds. The highest BCUT2D eigenvalue weighted by molar-refractivity contribution is 9.10. The van der Waals surface area contributed by atoms with Crippen molar-refractivity contribution < 1.29 is 4.74 Å². The normalized spacial score (nSPS) is 14.6. The zero-order valence-corrected chi connectivity index (χ0v) is 12.4. The van der Waals surface area contributed by atoms with Crippen LogP contribution in [0.1, 0.15) is 18.5 Å². The largest absolute Gasteiger partial charge is 0.380 e. The molecule has 3 N–H and O–H groups in total. The van der Waals surface area contributed by atoms with Gasteiger partial charge in [-0.2, -0.15) is 0 Å². The van der Waals surface area contributed by atoms with Crippen molar-refractivity contribution in [1.29, 1.82) is 0 Å². The topological polar surface area (TPSA) is 47.3 Å². The summed E-state index contributed by atoms with van der Waals surface area (Å²) in [7, 11) is 1.69. The van der Waals surface area contributed by atoms with Gasteiger partial charge in [-0.25, -0.2) is 0 Å². The first-order valence-corrected chi connectivity index (χ1v) is 6.66. The maximum absolute atomic E-state index is 6.17. The molecule has 17 heavy (non-hydrogen) atoms. The molecule has 0 spiro atoms. The first kappa shape index (κ1) is 14.9. The van der Waals surface area contributed by atoms with Gasteiger partial charge in [0.15, 0.2) is 0 Å². The number of rotatable bonds is 6. The molecule has 3 nitrogen and oxygen atoms in total. The quantitative estimate of drug-likeness (QED) is 0.847. The number of benzene rings is 1. The van der Waals surface area contributed by atoms with E-state index in [0.717, 1.165) is 21.6 Å². The van der Waals surface area contributed by atoms with Gasteiger partial charge >= 0.3 is 0 Å². The minimum Gasteiger partial charge on any atom is -0.380 e. The Kier molecular flexibility index (Phi) is 6.44. The van der Waals surface area contributed by atoms with Crippen molar-refractivity contribution in [3.63, 3.8) is 0 Å². The summed E-state index contributed by atoms with van der Waals surface area (Å²) >= 11 is 9.61. The standard InChI is InChI=1S/C12H18BrClN2O/c1-8(17-2)7-16-12(6-15)10-5-9(13)3-4-11(10)14/h3-5,8,12,16H,6-7,15H2,1-2H3. The van der Waals surface area contributed by atoms with Crippen LogP contribution in [0.3, 0.4) is 0 Å². The van der Waals surface area contributed by atoms with Gasteiger partial charge in [-0.1, -0.05) is 27.5 Å². The third kappa shape index (κ3) is 4.56. The van der Waals surface area contributed by atoms with E-state index < -0.39 is 0 Å². The number of halogens is 2. The van der Waals surface area contributed by atoms with Gasteiger partial charge in [0.2, 0.25) is 0 Å². The third-order valence-corrected chi connectivity index (χ3v) is 3.46. The molecule has 0 bridgehead atoms. The van der Waals surface area contributed by atoms with E-state index in [1.165, 1.54) is 0 Å². The highest BCUT2D eigenvalue weighted by atomic mass is 79.9. The minimum absolute atomic E-state index is 0.0394. The number of hydrogen-bond donors (Lipinski definition) is 2. The molecular weight excluding hydrogens is 304 g/mol. The monoisotopic (exact) mass is 320 g/mol. The van der Waals surface area contributed by atoms with Gasteiger partial charge in [0, 0.05) is 35.7 Å². The van der Waals surface area contributed by atoms with Gasteiger partial charge in [-0.15, -0.1) is 0 Å². The second kappa shape index (κ2) is 7.34. The lowest BCUT2D eigenvalue weighted by molar-refractivity contribution is 0.114. The summed E-state index contributed by atoms with van der Waals surface area (Å²) in [6, 6.07) is 5.81. The molecule has 1 aromatic carbocycles. The first-order chi connectivity index (χ1) is 8.08. The Hall–Kier alpha value is -0.130. The molecule has 0 saturated heterocycles. The smallest absolute Gasteiger partial charge is 0.0667 e. The second-order valence-electron chi connectivity index (χ2n) is 3.91. The number of hydrogen-bond acceptors (Lipinski definition) is 3. The van der Waals surface area contributed by atoms with Gasteiger partial charge in [0.1, 0.15) is 0 Å². The molecule has 2 atom stereocenters. The van der Waals surface area contributed by atoms with Crippen LogP contribution in [0.5, 0.6) is 0 Å². The Balaban J connectivity index is 2.75. The SMILES string of the molecule is COC(C)CNC(CN)c1cc(Br)ccc1Cl. The van der Waals surface area contributed by atoms with Gasteiger partial charge in [-0.3, -0.25) is 0 Å². The number of methoxy groups -OCH3 is 1. The van der Waals surface area contributed by atoms with Gasteiger partial charge < -0.3 is 15.8 Å². The maximum atomic E-state index is 6.17. The molecule has 0 saturated carbocycles. The minimum atomic E-state index is 0.0394. The van der Waals surface area contributed by atoms with Crippen molar-refractivity contribution in [2.45, 2.75) is 19.1 Å². The number of nitrogens with two attached hydrogens (primary N) is 1. The third-order valence-electron chi connectivity index (χ3n) is 2.62. The molecule has 96 valence electrons. The lowest BCUT2D eigenvalue weighted by Crippen LogP contribution is -2.34. The summed E-state index contributed by atoms with van der Waals surface area (Å²) in [4.78, 5) is 0. The van der Waals surface area contributed by atoms with Crippen LogP contribution < -0.4 is 11.1 Å². The Bertz CT molecular complexity index is 362. The molecule has 0 aromatic heterocycles. The van der Waals surface area contributed by atoms with Gasteiger partial charge in [-0.05, 0) is 30.7 Å². The highest BCUT2D eigenvalue weighted by Gasteiger charge is 2.14. The van der Waals surface area contributed by atoms with Crippen molar-refractivity contribution in [3.8, 4) is 0 Å². The van der Waals surface area contributed by atoms with E-state index >= 15 is 0 Å². The number of nitrogens with one attached hydrogen (secondary N) is 1. The summed E-state index contributed by atoms with van der Waals surface area (Å²) in [5.74, 6) is 0. The van der Waals surface area contributed by atoms with E-state index in [2.05, 4.69) is 21.2 Å². The zero-order valence-electron chi connectivity index (χ0n) is 10.0. The average Bonchev–Trinajstić information content (AvgIpc) is 2.33. The molecule has 1 aromatic rings. The molecule has 0 aliphatic rings.